The number of thioether (sulfide) groups is 1. The van der Waals surface area contributed by atoms with Crippen LogP contribution in [0.25, 0.3) is 0 Å². The molecular weight excluding hydrogens is 214 g/mol. The van der Waals surface area contributed by atoms with E-state index in [-0.39, 0.29) is 0 Å². The largest absolute Gasteiger partial charge is 0.310 e. The van der Waals surface area contributed by atoms with Gasteiger partial charge in [0, 0.05) is 17.5 Å². The van der Waals surface area contributed by atoms with Crippen molar-refractivity contribution in [1.82, 2.24) is 5.32 Å². The Balaban J connectivity index is 1.91. The summed E-state index contributed by atoms with van der Waals surface area (Å²) >= 11 is 1.83. The van der Waals surface area contributed by atoms with E-state index in [9.17, 15) is 0 Å². The first kappa shape index (κ1) is 12.0. The van der Waals surface area contributed by atoms with Gasteiger partial charge in [0.05, 0.1) is 0 Å². The van der Waals surface area contributed by atoms with Gasteiger partial charge in [-0.25, -0.2) is 0 Å². The lowest BCUT2D eigenvalue weighted by Crippen LogP contribution is -2.25. The van der Waals surface area contributed by atoms with Gasteiger partial charge in [0.15, 0.2) is 0 Å². The van der Waals surface area contributed by atoms with Crippen LogP contribution in [0.4, 0.5) is 0 Å². The Morgan fingerprint density at radius 2 is 2.06 bits per heavy atom. The van der Waals surface area contributed by atoms with Crippen LogP contribution in [0, 0.1) is 6.92 Å². The summed E-state index contributed by atoms with van der Waals surface area (Å²) in [4.78, 5) is 1.39. The average molecular weight is 235 g/mol. The third kappa shape index (κ3) is 3.02. The number of benzene rings is 1. The summed E-state index contributed by atoms with van der Waals surface area (Å²) in [6, 6.07) is 7.57. The molecule has 1 aromatic rings. The molecule has 1 aliphatic carbocycles. The highest BCUT2D eigenvalue weighted by Crippen LogP contribution is 2.21. The van der Waals surface area contributed by atoms with Crippen molar-refractivity contribution < 1.29 is 0 Å². The zero-order chi connectivity index (χ0) is 11.4. The van der Waals surface area contributed by atoms with Crippen molar-refractivity contribution >= 4 is 11.8 Å². The van der Waals surface area contributed by atoms with Crippen LogP contribution < -0.4 is 5.32 Å². The van der Waals surface area contributed by atoms with Crippen LogP contribution in [0.1, 0.15) is 36.8 Å². The Labute approximate surface area is 103 Å². The number of rotatable bonds is 4. The average Bonchev–Trinajstić information content (AvgIpc) is 2.79. The molecule has 1 saturated carbocycles. The fourth-order valence-electron chi connectivity index (χ4n) is 2.44. The lowest BCUT2D eigenvalue weighted by Gasteiger charge is -2.12. The van der Waals surface area contributed by atoms with Gasteiger partial charge >= 0.3 is 0 Å². The highest BCUT2D eigenvalue weighted by Gasteiger charge is 2.13. The van der Waals surface area contributed by atoms with Gasteiger partial charge in [0.2, 0.25) is 0 Å². The molecule has 0 radical (unpaired) electrons. The first-order chi connectivity index (χ1) is 7.79. The highest BCUT2D eigenvalue weighted by molar-refractivity contribution is 7.98. The summed E-state index contributed by atoms with van der Waals surface area (Å²) in [5, 5.41) is 3.66. The van der Waals surface area contributed by atoms with Crippen molar-refractivity contribution in [3.05, 3.63) is 29.3 Å². The predicted octanol–water partition coefficient (Wildman–Crippen LogP) is 3.75. The third-order valence-electron chi connectivity index (χ3n) is 3.41. The van der Waals surface area contributed by atoms with Gasteiger partial charge in [-0.3, -0.25) is 0 Å². The monoisotopic (exact) mass is 235 g/mol. The Hall–Kier alpha value is -0.470. The molecule has 1 aliphatic rings. The second kappa shape index (κ2) is 5.74. The Kier molecular flexibility index (Phi) is 4.30. The highest BCUT2D eigenvalue weighted by atomic mass is 32.2. The summed E-state index contributed by atoms with van der Waals surface area (Å²) in [7, 11) is 0. The molecule has 0 bridgehead atoms. The molecular formula is C14H21NS. The molecule has 0 amide bonds. The molecule has 16 heavy (non-hydrogen) atoms. The zero-order valence-electron chi connectivity index (χ0n) is 10.3. The molecule has 0 spiro atoms. The Bertz CT molecular complexity index is 343. The Morgan fingerprint density at radius 1 is 1.31 bits per heavy atom. The molecule has 0 unspecified atom stereocenters. The van der Waals surface area contributed by atoms with Crippen molar-refractivity contribution in [2.75, 3.05) is 6.26 Å². The fraction of sp³-hybridized carbons (Fsp3) is 0.571. The maximum Gasteiger partial charge on any atom is 0.0208 e. The van der Waals surface area contributed by atoms with Crippen LogP contribution in [0.2, 0.25) is 0 Å². The molecule has 0 saturated heterocycles. The lowest BCUT2D eigenvalue weighted by atomic mass is 10.1. The number of hydrogen-bond acceptors (Lipinski definition) is 2. The first-order valence-corrected chi connectivity index (χ1v) is 7.39. The van der Waals surface area contributed by atoms with Crippen molar-refractivity contribution in [2.24, 2.45) is 0 Å². The van der Waals surface area contributed by atoms with Crippen LogP contribution in [-0.4, -0.2) is 12.3 Å². The number of nitrogens with one attached hydrogen (secondary N) is 1. The minimum atomic E-state index is 0.764. The van der Waals surface area contributed by atoms with Gasteiger partial charge in [-0.1, -0.05) is 25.0 Å². The summed E-state index contributed by atoms with van der Waals surface area (Å²) in [6.07, 6.45) is 7.67. The summed E-state index contributed by atoms with van der Waals surface area (Å²) in [5.74, 6) is 0. The van der Waals surface area contributed by atoms with Crippen molar-refractivity contribution in [3.63, 3.8) is 0 Å². The predicted molar refractivity (Wildman–Crippen MR) is 72.1 cm³/mol. The van der Waals surface area contributed by atoms with E-state index in [1.54, 1.807) is 0 Å². The third-order valence-corrected chi connectivity index (χ3v) is 4.31. The van der Waals surface area contributed by atoms with Crippen molar-refractivity contribution in [2.45, 2.75) is 50.1 Å². The Morgan fingerprint density at radius 3 is 2.69 bits per heavy atom. The SMILES string of the molecule is CSc1ccc(CNC2CCCC2)cc1C. The van der Waals surface area contributed by atoms with Gasteiger partial charge in [0.1, 0.15) is 0 Å². The van der Waals surface area contributed by atoms with E-state index < -0.39 is 0 Å². The van der Waals surface area contributed by atoms with Gasteiger partial charge in [-0.15, -0.1) is 11.8 Å². The molecule has 2 heteroatoms. The van der Waals surface area contributed by atoms with Crippen LogP contribution in [-0.2, 0) is 6.54 Å². The topological polar surface area (TPSA) is 12.0 Å². The van der Waals surface area contributed by atoms with Gasteiger partial charge in [0.25, 0.3) is 0 Å². The van der Waals surface area contributed by atoms with E-state index in [1.165, 1.54) is 41.7 Å². The molecule has 0 heterocycles. The molecule has 1 fully saturated rings. The molecule has 0 atom stereocenters. The standard InChI is InChI=1S/C14H21NS/c1-11-9-12(7-8-14(11)16-2)10-15-13-5-3-4-6-13/h7-9,13,15H,3-6,10H2,1-2H3. The maximum absolute atomic E-state index is 3.66. The fourth-order valence-corrected chi connectivity index (χ4v) is 3.03. The van der Waals surface area contributed by atoms with Gasteiger partial charge in [-0.05, 0) is 43.2 Å². The molecule has 0 aromatic heterocycles. The molecule has 88 valence electrons. The van der Waals surface area contributed by atoms with Gasteiger partial charge in [-0.2, -0.15) is 0 Å². The maximum atomic E-state index is 3.66. The summed E-state index contributed by atoms with van der Waals surface area (Å²) in [5.41, 5.74) is 2.82. The lowest BCUT2D eigenvalue weighted by molar-refractivity contribution is 0.524. The van der Waals surface area contributed by atoms with Crippen LogP contribution in [0.3, 0.4) is 0 Å². The van der Waals surface area contributed by atoms with E-state index in [2.05, 4.69) is 36.7 Å². The minimum absolute atomic E-state index is 0.764. The minimum Gasteiger partial charge on any atom is -0.310 e. The van der Waals surface area contributed by atoms with Crippen LogP contribution >= 0.6 is 11.8 Å². The summed E-state index contributed by atoms with van der Waals surface area (Å²) < 4.78 is 0. The first-order valence-electron chi connectivity index (χ1n) is 6.16. The molecule has 1 N–H and O–H groups in total. The molecule has 1 aromatic carbocycles. The molecule has 1 nitrogen and oxygen atoms in total. The van der Waals surface area contributed by atoms with E-state index in [0.29, 0.717) is 0 Å². The second-order valence-electron chi connectivity index (χ2n) is 4.67. The van der Waals surface area contributed by atoms with E-state index in [4.69, 9.17) is 0 Å². The number of aryl methyl sites for hydroxylation is 1. The molecule has 0 aliphatic heterocycles. The molecule has 2 rings (SSSR count). The summed E-state index contributed by atoms with van der Waals surface area (Å²) in [6.45, 7) is 3.23. The van der Waals surface area contributed by atoms with Crippen molar-refractivity contribution in [1.29, 1.82) is 0 Å². The van der Waals surface area contributed by atoms with Crippen LogP contribution in [0.15, 0.2) is 23.1 Å². The van der Waals surface area contributed by atoms with E-state index in [1.807, 2.05) is 11.8 Å². The van der Waals surface area contributed by atoms with Crippen LogP contribution in [0.5, 0.6) is 0 Å². The quantitative estimate of drug-likeness (QED) is 0.798. The van der Waals surface area contributed by atoms with Crippen molar-refractivity contribution in [3.8, 4) is 0 Å². The van der Waals surface area contributed by atoms with Gasteiger partial charge < -0.3 is 5.32 Å². The zero-order valence-corrected chi connectivity index (χ0v) is 11.1. The van der Waals surface area contributed by atoms with E-state index in [0.717, 1.165) is 12.6 Å². The smallest absolute Gasteiger partial charge is 0.0208 e. The second-order valence-corrected chi connectivity index (χ2v) is 5.51. The normalized spacial score (nSPS) is 16.9. The van der Waals surface area contributed by atoms with E-state index >= 15 is 0 Å². The number of hydrogen-bond donors (Lipinski definition) is 1.